The second-order valence-corrected chi connectivity index (χ2v) is 9.65. The van der Waals surface area contributed by atoms with Crippen molar-refractivity contribution >= 4 is 27.3 Å². The number of nitro benzene ring substituents is 1. The Morgan fingerprint density at radius 3 is 2.38 bits per heavy atom. The molecule has 2 fully saturated rings. The van der Waals surface area contributed by atoms with Gasteiger partial charge in [0, 0.05) is 38.2 Å². The van der Waals surface area contributed by atoms with Crippen LogP contribution in [0.5, 0.6) is 0 Å². The number of anilines is 1. The summed E-state index contributed by atoms with van der Waals surface area (Å²) in [5.74, 6) is -0.174. The Kier molecular flexibility index (Phi) is 6.74. The third-order valence-corrected chi connectivity index (χ3v) is 7.74. The summed E-state index contributed by atoms with van der Waals surface area (Å²) in [4.78, 5) is 23.0. The molecule has 1 aromatic carbocycles. The highest BCUT2D eigenvalue weighted by atomic mass is 32.2. The largest absolute Gasteiger partial charge is 0.383 e. The van der Waals surface area contributed by atoms with E-state index in [4.69, 9.17) is 0 Å². The fraction of sp³-hybridized carbons (Fsp3) is 0.632. The normalized spacial score (nSPS) is 19.6. The highest BCUT2D eigenvalue weighted by molar-refractivity contribution is 7.89. The van der Waals surface area contributed by atoms with E-state index in [0.717, 1.165) is 31.7 Å². The van der Waals surface area contributed by atoms with Gasteiger partial charge in [-0.15, -0.1) is 0 Å². The lowest BCUT2D eigenvalue weighted by Crippen LogP contribution is -2.45. The summed E-state index contributed by atoms with van der Waals surface area (Å²) in [5, 5.41) is 17.0. The minimum Gasteiger partial charge on any atom is -0.383 e. The van der Waals surface area contributed by atoms with E-state index in [1.54, 1.807) is 7.05 Å². The molecule has 1 heterocycles. The van der Waals surface area contributed by atoms with Crippen LogP contribution in [0.2, 0.25) is 0 Å². The van der Waals surface area contributed by atoms with Crippen LogP contribution < -0.4 is 10.6 Å². The van der Waals surface area contributed by atoms with Gasteiger partial charge in [-0.3, -0.25) is 14.9 Å². The molecule has 160 valence electrons. The molecule has 9 nitrogen and oxygen atoms in total. The van der Waals surface area contributed by atoms with Gasteiger partial charge in [0.1, 0.15) is 5.69 Å². The first-order valence-corrected chi connectivity index (χ1v) is 11.5. The minimum absolute atomic E-state index is 0.0166. The summed E-state index contributed by atoms with van der Waals surface area (Å²) >= 11 is 0. The van der Waals surface area contributed by atoms with E-state index in [9.17, 15) is 23.3 Å². The molecule has 3 rings (SSSR count). The van der Waals surface area contributed by atoms with Crippen molar-refractivity contribution in [2.24, 2.45) is 5.92 Å². The lowest BCUT2D eigenvalue weighted by molar-refractivity contribution is -0.384. The van der Waals surface area contributed by atoms with Crippen molar-refractivity contribution in [3.63, 3.8) is 0 Å². The summed E-state index contributed by atoms with van der Waals surface area (Å²) < 4.78 is 27.2. The second kappa shape index (κ2) is 9.08. The number of piperidine rings is 1. The van der Waals surface area contributed by atoms with Crippen molar-refractivity contribution in [3.8, 4) is 0 Å². The van der Waals surface area contributed by atoms with Crippen LogP contribution in [-0.4, -0.2) is 49.7 Å². The van der Waals surface area contributed by atoms with Crippen LogP contribution in [0.25, 0.3) is 0 Å². The van der Waals surface area contributed by atoms with E-state index in [-0.39, 0.29) is 47.2 Å². The summed E-state index contributed by atoms with van der Waals surface area (Å²) in [6, 6.07) is 4.10. The lowest BCUT2D eigenvalue weighted by Gasteiger charge is -2.32. The highest BCUT2D eigenvalue weighted by Gasteiger charge is 2.33. The monoisotopic (exact) mass is 424 g/mol. The van der Waals surface area contributed by atoms with E-state index in [1.807, 2.05) is 0 Å². The van der Waals surface area contributed by atoms with E-state index in [2.05, 4.69) is 10.6 Å². The van der Waals surface area contributed by atoms with Crippen molar-refractivity contribution in [2.45, 2.75) is 55.9 Å². The quantitative estimate of drug-likeness (QED) is 0.534. The fourth-order valence-electron chi connectivity index (χ4n) is 4.11. The van der Waals surface area contributed by atoms with E-state index in [0.29, 0.717) is 12.8 Å². The average molecular weight is 425 g/mol. The number of nitro groups is 1. The molecule has 0 spiro atoms. The van der Waals surface area contributed by atoms with E-state index < -0.39 is 14.9 Å². The Hall–Kier alpha value is -2.20. The van der Waals surface area contributed by atoms with Crippen LogP contribution in [0.4, 0.5) is 11.4 Å². The number of sulfonamides is 1. The van der Waals surface area contributed by atoms with Crippen LogP contribution >= 0.6 is 0 Å². The molecule has 0 atom stereocenters. The third kappa shape index (κ3) is 4.87. The van der Waals surface area contributed by atoms with Crippen LogP contribution in [0.1, 0.15) is 44.9 Å². The molecule has 0 bridgehead atoms. The predicted molar refractivity (Wildman–Crippen MR) is 109 cm³/mol. The Morgan fingerprint density at radius 1 is 1.14 bits per heavy atom. The summed E-state index contributed by atoms with van der Waals surface area (Å²) in [7, 11) is -2.31. The number of amides is 1. The van der Waals surface area contributed by atoms with Crippen molar-refractivity contribution in [2.75, 3.05) is 25.5 Å². The van der Waals surface area contributed by atoms with Gasteiger partial charge in [-0.2, -0.15) is 4.31 Å². The van der Waals surface area contributed by atoms with Crippen molar-refractivity contribution < 1.29 is 18.1 Å². The highest BCUT2D eigenvalue weighted by Crippen LogP contribution is 2.30. The van der Waals surface area contributed by atoms with Crippen molar-refractivity contribution in [1.29, 1.82) is 0 Å². The zero-order valence-corrected chi connectivity index (χ0v) is 17.4. The number of hydrogen-bond acceptors (Lipinski definition) is 6. The molecule has 2 aliphatic rings. The Balaban J connectivity index is 1.64. The van der Waals surface area contributed by atoms with E-state index in [1.165, 1.54) is 22.9 Å². The Labute approximate surface area is 171 Å². The zero-order chi connectivity index (χ0) is 21.0. The van der Waals surface area contributed by atoms with Crippen LogP contribution in [0.3, 0.4) is 0 Å². The van der Waals surface area contributed by atoms with Crippen LogP contribution in [0.15, 0.2) is 23.1 Å². The molecule has 1 aliphatic carbocycles. The number of carbonyl (C=O) groups excluding carboxylic acids is 1. The molecule has 1 aromatic rings. The Morgan fingerprint density at radius 2 is 1.79 bits per heavy atom. The molecular weight excluding hydrogens is 396 g/mol. The lowest BCUT2D eigenvalue weighted by atomic mass is 9.93. The number of nitrogens with one attached hydrogen (secondary N) is 2. The average Bonchev–Trinajstić information content (AvgIpc) is 2.74. The molecule has 2 N–H and O–H groups in total. The number of hydrogen-bond donors (Lipinski definition) is 2. The maximum Gasteiger partial charge on any atom is 0.293 e. The fourth-order valence-corrected chi connectivity index (χ4v) is 5.60. The van der Waals surface area contributed by atoms with Gasteiger partial charge in [0.2, 0.25) is 15.9 Å². The molecule has 29 heavy (non-hydrogen) atoms. The molecule has 1 saturated heterocycles. The van der Waals surface area contributed by atoms with Gasteiger partial charge >= 0.3 is 0 Å². The van der Waals surface area contributed by atoms with Crippen LogP contribution in [-0.2, 0) is 14.8 Å². The molecule has 1 saturated carbocycles. The third-order valence-electron chi connectivity index (χ3n) is 5.85. The standard InChI is InChI=1S/C19H28N4O5S/c1-20-17-8-7-16(13-18(17)23(25)26)29(27,28)22-11-9-14(10-12-22)19(24)21-15-5-3-2-4-6-15/h7-8,13-15,20H,2-6,9-12H2,1H3,(H,21,24). The van der Waals surface area contributed by atoms with Gasteiger partial charge < -0.3 is 10.6 Å². The van der Waals surface area contributed by atoms with Gasteiger partial charge in [0.05, 0.1) is 9.82 Å². The van der Waals surface area contributed by atoms with Gasteiger partial charge in [-0.1, -0.05) is 19.3 Å². The van der Waals surface area contributed by atoms with Gasteiger partial charge in [-0.05, 0) is 37.8 Å². The van der Waals surface area contributed by atoms with Crippen molar-refractivity contribution in [3.05, 3.63) is 28.3 Å². The smallest absolute Gasteiger partial charge is 0.293 e. The Bertz CT molecular complexity index is 859. The number of rotatable bonds is 6. The molecule has 1 aliphatic heterocycles. The molecule has 0 radical (unpaired) electrons. The molecular formula is C19H28N4O5S. The first kappa shape index (κ1) is 21.5. The number of nitrogens with zero attached hydrogens (tertiary/aromatic N) is 2. The molecule has 1 amide bonds. The topological polar surface area (TPSA) is 122 Å². The molecule has 10 heteroatoms. The number of carbonyl (C=O) groups is 1. The maximum absolute atomic E-state index is 12.9. The summed E-state index contributed by atoms with van der Waals surface area (Å²) in [6.07, 6.45) is 6.43. The summed E-state index contributed by atoms with van der Waals surface area (Å²) in [5.41, 5.74) is -0.0256. The van der Waals surface area contributed by atoms with E-state index >= 15 is 0 Å². The molecule has 0 unspecified atom stereocenters. The number of benzene rings is 1. The summed E-state index contributed by atoms with van der Waals surface area (Å²) in [6.45, 7) is 0.458. The first-order valence-electron chi connectivity index (χ1n) is 10.1. The zero-order valence-electron chi connectivity index (χ0n) is 16.6. The SMILES string of the molecule is CNc1ccc(S(=O)(=O)N2CCC(C(=O)NC3CCCCC3)CC2)cc1[N+](=O)[O-]. The van der Waals surface area contributed by atoms with Gasteiger partial charge in [0.25, 0.3) is 5.69 Å². The molecule has 0 aromatic heterocycles. The minimum atomic E-state index is -3.85. The van der Waals surface area contributed by atoms with Crippen molar-refractivity contribution in [1.82, 2.24) is 9.62 Å². The predicted octanol–water partition coefficient (Wildman–Crippen LogP) is 2.49. The van der Waals surface area contributed by atoms with Gasteiger partial charge in [0.15, 0.2) is 0 Å². The van der Waals surface area contributed by atoms with Gasteiger partial charge in [-0.25, -0.2) is 8.42 Å². The second-order valence-electron chi connectivity index (χ2n) is 7.71. The first-order chi connectivity index (χ1) is 13.8. The maximum atomic E-state index is 12.9. The van der Waals surface area contributed by atoms with Crippen LogP contribution in [0, 0.1) is 16.0 Å².